The molecule has 0 bridgehead atoms. The molecule has 7 heteroatoms. The Hall–Kier alpha value is -1.73. The normalized spacial score (nSPS) is 16.6. The van der Waals surface area contributed by atoms with Crippen LogP contribution in [-0.4, -0.2) is 52.0 Å². The highest BCUT2D eigenvalue weighted by Gasteiger charge is 2.20. The summed E-state index contributed by atoms with van der Waals surface area (Å²) >= 11 is 1.58. The number of hydrogen-bond donors (Lipinski definition) is 0. The van der Waals surface area contributed by atoms with Crippen molar-refractivity contribution in [1.82, 2.24) is 19.9 Å². The standard InChI is InChI=1S/C13H16N4O2S/c1-10(18)17-6-4-16(5-7-17)9-12-14-13(19-15-12)11-3-2-8-20-11/h2-3,8H,4-7,9H2,1H3. The summed E-state index contributed by atoms with van der Waals surface area (Å²) in [7, 11) is 0. The average Bonchev–Trinajstić information content (AvgIpc) is 3.09. The van der Waals surface area contributed by atoms with Crippen molar-refractivity contribution in [3.63, 3.8) is 0 Å². The van der Waals surface area contributed by atoms with E-state index in [9.17, 15) is 4.79 Å². The van der Waals surface area contributed by atoms with Crippen molar-refractivity contribution >= 4 is 17.2 Å². The Kier molecular flexibility index (Phi) is 3.79. The van der Waals surface area contributed by atoms with Crippen molar-refractivity contribution in [3.05, 3.63) is 23.3 Å². The van der Waals surface area contributed by atoms with Crippen LogP contribution in [0.3, 0.4) is 0 Å². The monoisotopic (exact) mass is 292 g/mol. The van der Waals surface area contributed by atoms with E-state index in [2.05, 4.69) is 15.0 Å². The zero-order valence-corrected chi connectivity index (χ0v) is 12.1. The van der Waals surface area contributed by atoms with Crippen molar-refractivity contribution in [2.45, 2.75) is 13.5 Å². The van der Waals surface area contributed by atoms with Gasteiger partial charge in [-0.05, 0) is 11.4 Å². The van der Waals surface area contributed by atoms with Gasteiger partial charge in [0.25, 0.3) is 5.89 Å². The van der Waals surface area contributed by atoms with Gasteiger partial charge in [0.1, 0.15) is 0 Å². The lowest BCUT2D eigenvalue weighted by Gasteiger charge is -2.33. The topological polar surface area (TPSA) is 62.5 Å². The first-order valence-electron chi connectivity index (χ1n) is 6.57. The molecule has 2 aromatic rings. The summed E-state index contributed by atoms with van der Waals surface area (Å²) in [6.45, 7) is 5.52. The lowest BCUT2D eigenvalue weighted by atomic mass is 10.3. The molecule has 1 fully saturated rings. The highest BCUT2D eigenvalue weighted by Crippen LogP contribution is 2.22. The second kappa shape index (κ2) is 5.72. The molecule has 0 saturated carbocycles. The number of carbonyl (C=O) groups is 1. The fraction of sp³-hybridized carbons (Fsp3) is 0.462. The van der Waals surface area contributed by atoms with Gasteiger partial charge in [-0.1, -0.05) is 11.2 Å². The van der Waals surface area contributed by atoms with E-state index >= 15 is 0 Å². The van der Waals surface area contributed by atoms with Gasteiger partial charge in [-0.25, -0.2) is 0 Å². The molecule has 1 amide bonds. The minimum atomic E-state index is 0.143. The number of thiophene rings is 1. The zero-order valence-electron chi connectivity index (χ0n) is 11.3. The molecule has 20 heavy (non-hydrogen) atoms. The number of hydrogen-bond acceptors (Lipinski definition) is 6. The van der Waals surface area contributed by atoms with E-state index < -0.39 is 0 Å². The lowest BCUT2D eigenvalue weighted by Crippen LogP contribution is -2.47. The van der Waals surface area contributed by atoms with Crippen molar-refractivity contribution in [3.8, 4) is 10.8 Å². The highest BCUT2D eigenvalue weighted by molar-refractivity contribution is 7.13. The predicted molar refractivity (Wildman–Crippen MR) is 75.1 cm³/mol. The first-order valence-corrected chi connectivity index (χ1v) is 7.44. The number of piperazine rings is 1. The molecule has 1 aliphatic rings. The zero-order chi connectivity index (χ0) is 13.9. The largest absolute Gasteiger partial charge is 0.340 e. The third kappa shape index (κ3) is 2.88. The number of amides is 1. The SMILES string of the molecule is CC(=O)N1CCN(Cc2noc(-c3cccs3)n2)CC1. The summed E-state index contributed by atoms with van der Waals surface area (Å²) in [5.41, 5.74) is 0. The summed E-state index contributed by atoms with van der Waals surface area (Å²) in [5, 5.41) is 6.01. The van der Waals surface area contributed by atoms with Crippen LogP contribution in [-0.2, 0) is 11.3 Å². The Morgan fingerprint density at radius 2 is 2.20 bits per heavy atom. The maximum atomic E-state index is 11.3. The van der Waals surface area contributed by atoms with Gasteiger partial charge in [0.15, 0.2) is 5.82 Å². The van der Waals surface area contributed by atoms with Crippen molar-refractivity contribution in [1.29, 1.82) is 0 Å². The Morgan fingerprint density at radius 1 is 1.40 bits per heavy atom. The van der Waals surface area contributed by atoms with E-state index in [1.165, 1.54) is 0 Å². The average molecular weight is 292 g/mol. The van der Waals surface area contributed by atoms with Gasteiger partial charge in [-0.15, -0.1) is 11.3 Å². The van der Waals surface area contributed by atoms with E-state index in [-0.39, 0.29) is 5.91 Å². The molecule has 0 unspecified atom stereocenters. The minimum absolute atomic E-state index is 0.143. The van der Waals surface area contributed by atoms with E-state index in [4.69, 9.17) is 4.52 Å². The molecular weight excluding hydrogens is 276 g/mol. The number of rotatable bonds is 3. The van der Waals surface area contributed by atoms with Crippen LogP contribution in [0.25, 0.3) is 10.8 Å². The molecule has 6 nitrogen and oxygen atoms in total. The van der Waals surface area contributed by atoms with Gasteiger partial charge in [0.2, 0.25) is 5.91 Å². The molecule has 0 aromatic carbocycles. The van der Waals surface area contributed by atoms with Crippen LogP contribution in [0.15, 0.2) is 22.0 Å². The highest BCUT2D eigenvalue weighted by atomic mass is 32.1. The van der Waals surface area contributed by atoms with Crippen LogP contribution in [0, 0.1) is 0 Å². The third-order valence-electron chi connectivity index (χ3n) is 3.38. The van der Waals surface area contributed by atoms with Crippen molar-refractivity contribution < 1.29 is 9.32 Å². The Labute approximate surface area is 121 Å². The van der Waals surface area contributed by atoms with Crippen LogP contribution in [0.2, 0.25) is 0 Å². The molecule has 0 spiro atoms. The second-order valence-corrected chi connectivity index (χ2v) is 5.72. The number of carbonyl (C=O) groups excluding carboxylic acids is 1. The Bertz CT molecular complexity index is 573. The van der Waals surface area contributed by atoms with E-state index in [1.807, 2.05) is 22.4 Å². The molecule has 0 N–H and O–H groups in total. The lowest BCUT2D eigenvalue weighted by molar-refractivity contribution is -0.130. The van der Waals surface area contributed by atoms with Crippen molar-refractivity contribution in [2.24, 2.45) is 0 Å². The summed E-state index contributed by atoms with van der Waals surface area (Å²) in [6.07, 6.45) is 0. The fourth-order valence-electron chi connectivity index (χ4n) is 2.24. The van der Waals surface area contributed by atoms with Crippen molar-refractivity contribution in [2.75, 3.05) is 26.2 Å². The number of aromatic nitrogens is 2. The van der Waals surface area contributed by atoms with Gasteiger partial charge in [-0.2, -0.15) is 4.98 Å². The Morgan fingerprint density at radius 3 is 2.85 bits per heavy atom. The minimum Gasteiger partial charge on any atom is -0.340 e. The molecule has 0 atom stereocenters. The first-order chi connectivity index (χ1) is 9.72. The van der Waals surface area contributed by atoms with Gasteiger partial charge in [0, 0.05) is 33.1 Å². The fourth-order valence-corrected chi connectivity index (χ4v) is 2.88. The summed E-state index contributed by atoms with van der Waals surface area (Å²) in [4.78, 5) is 20.8. The summed E-state index contributed by atoms with van der Waals surface area (Å²) in [5.74, 6) is 1.42. The third-order valence-corrected chi connectivity index (χ3v) is 4.24. The smallest absolute Gasteiger partial charge is 0.268 e. The Balaban J connectivity index is 1.58. The van der Waals surface area contributed by atoms with E-state index in [1.54, 1.807) is 18.3 Å². The maximum Gasteiger partial charge on any atom is 0.268 e. The molecule has 1 aliphatic heterocycles. The molecule has 1 saturated heterocycles. The van der Waals surface area contributed by atoms with E-state index in [0.29, 0.717) is 18.3 Å². The molecular formula is C13H16N4O2S. The molecule has 106 valence electrons. The van der Waals surface area contributed by atoms with Gasteiger partial charge < -0.3 is 9.42 Å². The van der Waals surface area contributed by atoms with Crippen LogP contribution < -0.4 is 0 Å². The van der Waals surface area contributed by atoms with Gasteiger partial charge >= 0.3 is 0 Å². The molecule has 3 heterocycles. The first kappa shape index (κ1) is 13.3. The van der Waals surface area contributed by atoms with Crippen LogP contribution in [0.5, 0.6) is 0 Å². The maximum absolute atomic E-state index is 11.3. The van der Waals surface area contributed by atoms with Crippen LogP contribution in [0.1, 0.15) is 12.7 Å². The molecule has 3 rings (SSSR count). The van der Waals surface area contributed by atoms with Crippen LogP contribution >= 0.6 is 11.3 Å². The molecule has 0 aliphatic carbocycles. The summed E-state index contributed by atoms with van der Waals surface area (Å²) in [6, 6.07) is 3.93. The second-order valence-electron chi connectivity index (χ2n) is 4.78. The van der Waals surface area contributed by atoms with Gasteiger partial charge in [0.05, 0.1) is 11.4 Å². The molecule has 0 radical (unpaired) electrons. The van der Waals surface area contributed by atoms with Crippen LogP contribution in [0.4, 0.5) is 0 Å². The number of nitrogens with zero attached hydrogens (tertiary/aromatic N) is 4. The predicted octanol–water partition coefficient (Wildman–Crippen LogP) is 1.46. The summed E-state index contributed by atoms with van der Waals surface area (Å²) < 4.78 is 5.27. The van der Waals surface area contributed by atoms with E-state index in [0.717, 1.165) is 31.1 Å². The quantitative estimate of drug-likeness (QED) is 0.857. The molecule has 2 aromatic heterocycles. The van der Waals surface area contributed by atoms with Gasteiger partial charge in [-0.3, -0.25) is 9.69 Å².